The minimum atomic E-state index is -1.25. The Kier molecular flexibility index (Phi) is 5.18. The number of carboxylic acids is 1. The number of carbonyl (C=O) groups is 3. The molecule has 104 valence electrons. The van der Waals surface area contributed by atoms with Crippen LogP contribution < -0.4 is 16.4 Å². The van der Waals surface area contributed by atoms with Crippen LogP contribution in [0.1, 0.15) is 17.8 Å². The van der Waals surface area contributed by atoms with Gasteiger partial charge in [0.05, 0.1) is 0 Å². The second-order valence-corrected chi connectivity index (χ2v) is 4.80. The van der Waals surface area contributed by atoms with E-state index in [1.807, 2.05) is 0 Å². The first-order valence-corrected chi connectivity index (χ1v) is 6.09. The van der Waals surface area contributed by atoms with Crippen molar-refractivity contribution in [2.75, 3.05) is 5.32 Å². The molecule has 1 aromatic heterocycles. The Morgan fingerprint density at radius 3 is 2.58 bits per heavy atom. The Hall–Kier alpha value is -2.23. The fourth-order valence-electron chi connectivity index (χ4n) is 1.18. The summed E-state index contributed by atoms with van der Waals surface area (Å²) in [5, 5.41) is 21.7. The van der Waals surface area contributed by atoms with Crippen LogP contribution in [-0.4, -0.2) is 39.3 Å². The molecule has 0 aliphatic rings. The highest BCUT2D eigenvalue weighted by Crippen LogP contribution is 2.13. The Labute approximate surface area is 112 Å². The van der Waals surface area contributed by atoms with Gasteiger partial charge in [-0.15, -0.1) is 10.2 Å². The van der Waals surface area contributed by atoms with Crippen LogP contribution >= 0.6 is 11.3 Å². The zero-order valence-electron chi connectivity index (χ0n) is 10.0. The SMILES string of the molecule is Cc1nnc(NC(=O)NC(CCC(N)=O)C(=O)O)s1. The maximum atomic E-state index is 11.5. The number of nitrogens with two attached hydrogens (primary N) is 1. The van der Waals surface area contributed by atoms with Gasteiger partial charge in [0.15, 0.2) is 0 Å². The van der Waals surface area contributed by atoms with Gasteiger partial charge in [-0.1, -0.05) is 11.3 Å². The molecule has 0 saturated heterocycles. The molecule has 9 nitrogen and oxygen atoms in total. The summed E-state index contributed by atoms with van der Waals surface area (Å²) >= 11 is 1.15. The lowest BCUT2D eigenvalue weighted by Gasteiger charge is -2.13. The third-order valence-corrected chi connectivity index (χ3v) is 2.78. The molecule has 0 aliphatic carbocycles. The molecule has 3 amide bonds. The molecule has 1 unspecified atom stereocenters. The smallest absolute Gasteiger partial charge is 0.326 e. The summed E-state index contributed by atoms with van der Waals surface area (Å²) in [7, 11) is 0. The Morgan fingerprint density at radius 2 is 2.11 bits per heavy atom. The molecule has 0 fully saturated rings. The predicted molar refractivity (Wildman–Crippen MR) is 66.7 cm³/mol. The van der Waals surface area contributed by atoms with Crippen molar-refractivity contribution in [3.8, 4) is 0 Å². The van der Waals surface area contributed by atoms with Gasteiger partial charge in [-0.2, -0.15) is 0 Å². The summed E-state index contributed by atoms with van der Waals surface area (Å²) in [6.07, 6.45) is -0.206. The number of carboxylic acid groups (broad SMARTS) is 1. The number of aryl methyl sites for hydroxylation is 1. The average Bonchev–Trinajstić information content (AvgIpc) is 2.69. The van der Waals surface area contributed by atoms with E-state index in [4.69, 9.17) is 10.8 Å². The first-order chi connectivity index (χ1) is 8.88. The lowest BCUT2D eigenvalue weighted by molar-refractivity contribution is -0.139. The molecule has 0 saturated carbocycles. The molecular weight excluding hydrogens is 274 g/mol. The first-order valence-electron chi connectivity index (χ1n) is 5.27. The maximum absolute atomic E-state index is 11.5. The van der Waals surface area contributed by atoms with Crippen LogP contribution in [0.3, 0.4) is 0 Å². The Balaban J connectivity index is 2.51. The van der Waals surface area contributed by atoms with Crippen LogP contribution in [0.25, 0.3) is 0 Å². The van der Waals surface area contributed by atoms with Crippen LogP contribution in [0, 0.1) is 6.92 Å². The van der Waals surface area contributed by atoms with Crippen LogP contribution in [0.5, 0.6) is 0 Å². The zero-order chi connectivity index (χ0) is 14.4. The summed E-state index contributed by atoms with van der Waals surface area (Å²) in [4.78, 5) is 33.0. The van der Waals surface area contributed by atoms with Crippen LogP contribution in [0.2, 0.25) is 0 Å². The van der Waals surface area contributed by atoms with Gasteiger partial charge in [0.2, 0.25) is 11.0 Å². The second kappa shape index (κ2) is 6.64. The van der Waals surface area contributed by atoms with Gasteiger partial charge in [0.1, 0.15) is 11.0 Å². The molecule has 5 N–H and O–H groups in total. The minimum Gasteiger partial charge on any atom is -0.480 e. The average molecular weight is 287 g/mol. The number of aromatic nitrogens is 2. The zero-order valence-corrected chi connectivity index (χ0v) is 10.9. The third-order valence-electron chi connectivity index (χ3n) is 2.03. The number of nitrogens with one attached hydrogen (secondary N) is 2. The highest BCUT2D eigenvalue weighted by molar-refractivity contribution is 7.15. The molecular formula is C9H13N5O4S. The van der Waals surface area contributed by atoms with Crippen molar-refractivity contribution >= 4 is 34.4 Å². The first kappa shape index (κ1) is 14.8. The summed E-state index contributed by atoms with van der Waals surface area (Å²) in [5.74, 6) is -1.88. The van der Waals surface area contributed by atoms with Crippen molar-refractivity contribution in [2.24, 2.45) is 5.73 Å². The molecule has 1 rings (SSSR count). The van der Waals surface area contributed by atoms with Crippen molar-refractivity contribution in [3.05, 3.63) is 5.01 Å². The van der Waals surface area contributed by atoms with Gasteiger partial charge < -0.3 is 16.2 Å². The monoisotopic (exact) mass is 287 g/mol. The number of hydrogen-bond acceptors (Lipinski definition) is 6. The highest BCUT2D eigenvalue weighted by atomic mass is 32.1. The predicted octanol–water partition coefficient (Wildman–Crippen LogP) is -0.313. The van der Waals surface area contributed by atoms with Gasteiger partial charge in [0.25, 0.3) is 0 Å². The molecule has 0 radical (unpaired) electrons. The highest BCUT2D eigenvalue weighted by Gasteiger charge is 2.20. The van der Waals surface area contributed by atoms with Crippen molar-refractivity contribution in [2.45, 2.75) is 25.8 Å². The largest absolute Gasteiger partial charge is 0.480 e. The van der Waals surface area contributed by atoms with Crippen molar-refractivity contribution < 1.29 is 19.5 Å². The normalized spacial score (nSPS) is 11.6. The maximum Gasteiger partial charge on any atom is 0.326 e. The van der Waals surface area contributed by atoms with Crippen molar-refractivity contribution in [1.29, 1.82) is 0 Å². The molecule has 0 spiro atoms. The van der Waals surface area contributed by atoms with E-state index in [1.54, 1.807) is 6.92 Å². The second-order valence-electron chi connectivity index (χ2n) is 3.62. The molecule has 1 heterocycles. The lowest BCUT2D eigenvalue weighted by atomic mass is 10.1. The van der Waals surface area contributed by atoms with Crippen LogP contribution in [0.4, 0.5) is 9.93 Å². The van der Waals surface area contributed by atoms with E-state index in [0.29, 0.717) is 5.01 Å². The van der Waals surface area contributed by atoms with E-state index in [2.05, 4.69) is 20.8 Å². The van der Waals surface area contributed by atoms with E-state index in [0.717, 1.165) is 11.3 Å². The summed E-state index contributed by atoms with van der Waals surface area (Å²) in [6.45, 7) is 1.72. The third kappa shape index (κ3) is 5.29. The number of urea groups is 1. The van der Waals surface area contributed by atoms with Crippen LogP contribution in [0.15, 0.2) is 0 Å². The number of anilines is 1. The number of carbonyl (C=O) groups excluding carboxylic acids is 2. The number of amides is 3. The van der Waals surface area contributed by atoms with Gasteiger partial charge in [-0.25, -0.2) is 9.59 Å². The van der Waals surface area contributed by atoms with E-state index >= 15 is 0 Å². The molecule has 19 heavy (non-hydrogen) atoms. The van der Waals surface area contributed by atoms with E-state index in [-0.39, 0.29) is 18.0 Å². The summed E-state index contributed by atoms with van der Waals surface area (Å²) in [5.41, 5.74) is 4.92. The molecule has 0 aromatic carbocycles. The quantitative estimate of drug-likeness (QED) is 0.564. The topological polar surface area (TPSA) is 147 Å². The molecule has 10 heteroatoms. The number of rotatable bonds is 6. The minimum absolute atomic E-state index is 0.0762. The standard InChI is InChI=1S/C9H13N5O4S/c1-4-13-14-9(19-4)12-8(18)11-5(7(16)17)2-3-6(10)15/h5H,2-3H2,1H3,(H2,10,15)(H,16,17)(H2,11,12,14,18). The van der Waals surface area contributed by atoms with E-state index in [9.17, 15) is 14.4 Å². The number of primary amides is 1. The van der Waals surface area contributed by atoms with Crippen LogP contribution in [-0.2, 0) is 9.59 Å². The lowest BCUT2D eigenvalue weighted by Crippen LogP contribution is -2.43. The fourth-order valence-corrected chi connectivity index (χ4v) is 1.77. The fraction of sp³-hybridized carbons (Fsp3) is 0.444. The summed E-state index contributed by atoms with van der Waals surface area (Å²) < 4.78 is 0. The summed E-state index contributed by atoms with van der Waals surface area (Å²) in [6, 6.07) is -1.92. The van der Waals surface area contributed by atoms with E-state index in [1.165, 1.54) is 0 Å². The van der Waals surface area contributed by atoms with Crippen molar-refractivity contribution in [1.82, 2.24) is 15.5 Å². The van der Waals surface area contributed by atoms with Crippen molar-refractivity contribution in [3.63, 3.8) is 0 Å². The molecule has 0 aliphatic heterocycles. The Morgan fingerprint density at radius 1 is 1.42 bits per heavy atom. The number of aliphatic carboxylic acids is 1. The van der Waals surface area contributed by atoms with Gasteiger partial charge in [0, 0.05) is 6.42 Å². The number of nitrogens with zero attached hydrogens (tertiary/aromatic N) is 2. The number of hydrogen-bond donors (Lipinski definition) is 4. The van der Waals surface area contributed by atoms with Gasteiger partial charge in [-0.3, -0.25) is 10.1 Å². The van der Waals surface area contributed by atoms with E-state index < -0.39 is 23.9 Å². The molecule has 1 aromatic rings. The molecule has 0 bridgehead atoms. The molecule has 1 atom stereocenters. The Bertz CT molecular complexity index is 489. The van der Waals surface area contributed by atoms with Gasteiger partial charge in [-0.05, 0) is 13.3 Å². The van der Waals surface area contributed by atoms with Gasteiger partial charge >= 0.3 is 12.0 Å².